The Hall–Kier alpha value is -8.06. The molecule has 0 saturated carbocycles. The molecule has 0 N–H and O–H groups in total. The zero-order chi connectivity index (χ0) is 41.4. The number of fused-ring (bicyclic) bond motifs is 8. The molecule has 9 aromatic carbocycles. The number of hydrogen-bond acceptors (Lipinski definition) is 4. The molecule has 63 heavy (non-hydrogen) atoms. The Kier molecular flexibility index (Phi) is 8.08. The average molecular weight is 822 g/mol. The maximum atomic E-state index is 5.42. The summed E-state index contributed by atoms with van der Waals surface area (Å²) in [5.74, 6) is 1.87. The Morgan fingerprint density at radius 2 is 0.921 bits per heavy atom. The van der Waals surface area contributed by atoms with Crippen molar-refractivity contribution in [3.05, 3.63) is 212 Å². The van der Waals surface area contributed by atoms with E-state index in [1.165, 1.54) is 42.9 Å². The van der Waals surface area contributed by atoms with Crippen molar-refractivity contribution in [1.29, 1.82) is 0 Å². The third-order valence-electron chi connectivity index (χ3n) is 12.3. The van der Waals surface area contributed by atoms with Crippen molar-refractivity contribution in [3.63, 3.8) is 0 Å². The fourth-order valence-electron chi connectivity index (χ4n) is 9.46. The molecule has 1 aliphatic rings. The van der Waals surface area contributed by atoms with Crippen molar-refractivity contribution in [3.8, 4) is 67.8 Å². The normalized spacial score (nSPS) is 12.1. The quantitative estimate of drug-likeness (QED) is 0.168. The highest BCUT2D eigenvalue weighted by atomic mass is 32.2. The lowest BCUT2D eigenvalue weighted by atomic mass is 9.99. The summed E-state index contributed by atoms with van der Waals surface area (Å²) in [4.78, 5) is 18.6. The molecule has 1 aliphatic heterocycles. The van der Waals surface area contributed by atoms with Gasteiger partial charge in [-0.15, -0.1) is 0 Å². The molecule has 0 spiro atoms. The van der Waals surface area contributed by atoms with Crippen LogP contribution in [0.15, 0.2) is 222 Å². The Balaban J connectivity index is 1.09. The topological polar surface area (TPSA) is 48.5 Å². The first-order chi connectivity index (χ1) is 31.2. The second kappa shape index (κ2) is 14.3. The third-order valence-corrected chi connectivity index (χ3v) is 13.4. The smallest absolute Gasteiger partial charge is 0.164 e. The van der Waals surface area contributed by atoms with E-state index in [0.717, 1.165) is 60.8 Å². The summed E-state index contributed by atoms with van der Waals surface area (Å²) >= 11 is 1.84. The second-order valence-corrected chi connectivity index (χ2v) is 17.1. The van der Waals surface area contributed by atoms with Gasteiger partial charge in [-0.05, 0) is 87.6 Å². The van der Waals surface area contributed by atoms with Crippen LogP contribution in [0.25, 0.3) is 111 Å². The standard InChI is InChI=1S/C57H35N5S/c1-4-15-36(16-5-1)38-19-12-20-42(34-38)54-58-55(43-32-31-40-33-39(29-30-41(40)35-43)37-17-6-2-7-18-37)60-56(59-54)46-24-13-26-48-51(46)52-45-23-14-28-50-53(45)62(47-25-10-11-27-49(47)63-50)57(52)61(48)44-21-8-3-9-22-44/h1-35H. The van der Waals surface area contributed by atoms with Crippen LogP contribution in [-0.2, 0) is 0 Å². The number of aromatic nitrogens is 5. The van der Waals surface area contributed by atoms with Crippen LogP contribution < -0.4 is 0 Å². The lowest BCUT2D eigenvalue weighted by Crippen LogP contribution is -2.05. The molecule has 3 aromatic heterocycles. The predicted molar refractivity (Wildman–Crippen MR) is 260 cm³/mol. The highest BCUT2D eigenvalue weighted by Crippen LogP contribution is 2.50. The van der Waals surface area contributed by atoms with Gasteiger partial charge in [-0.2, -0.15) is 0 Å². The molecule has 0 fully saturated rings. The molecule has 6 heteroatoms. The van der Waals surface area contributed by atoms with Crippen LogP contribution >= 0.6 is 11.8 Å². The maximum Gasteiger partial charge on any atom is 0.164 e. The molecule has 0 aliphatic carbocycles. The van der Waals surface area contributed by atoms with E-state index >= 15 is 0 Å². The minimum atomic E-state index is 0.621. The lowest BCUT2D eigenvalue weighted by molar-refractivity contribution is 1.03. The lowest BCUT2D eigenvalue weighted by Gasteiger charge is -2.21. The van der Waals surface area contributed by atoms with Gasteiger partial charge in [-0.3, -0.25) is 9.13 Å². The van der Waals surface area contributed by atoms with E-state index in [1.54, 1.807) is 0 Å². The van der Waals surface area contributed by atoms with Gasteiger partial charge in [-0.1, -0.05) is 169 Å². The van der Waals surface area contributed by atoms with E-state index < -0.39 is 0 Å². The van der Waals surface area contributed by atoms with E-state index in [9.17, 15) is 0 Å². The highest BCUT2D eigenvalue weighted by molar-refractivity contribution is 7.99. The molecule has 12 aromatic rings. The van der Waals surface area contributed by atoms with Gasteiger partial charge < -0.3 is 0 Å². The van der Waals surface area contributed by atoms with E-state index in [4.69, 9.17) is 15.0 Å². The average Bonchev–Trinajstić information content (AvgIpc) is 3.88. The molecule has 0 saturated heterocycles. The van der Waals surface area contributed by atoms with Gasteiger partial charge >= 0.3 is 0 Å². The largest absolute Gasteiger partial charge is 0.295 e. The summed E-state index contributed by atoms with van der Waals surface area (Å²) in [5, 5.41) is 5.76. The van der Waals surface area contributed by atoms with Gasteiger partial charge in [0.25, 0.3) is 0 Å². The van der Waals surface area contributed by atoms with Crippen LogP contribution in [0.4, 0.5) is 0 Å². The second-order valence-electron chi connectivity index (χ2n) is 16.0. The fraction of sp³-hybridized carbons (Fsp3) is 0. The Bertz CT molecular complexity index is 3760. The first-order valence-electron chi connectivity index (χ1n) is 21.2. The molecule has 5 nitrogen and oxygen atoms in total. The molecular formula is C57H35N5S. The summed E-state index contributed by atoms with van der Waals surface area (Å²) in [6.45, 7) is 0. The van der Waals surface area contributed by atoms with Crippen molar-refractivity contribution in [2.75, 3.05) is 0 Å². The van der Waals surface area contributed by atoms with E-state index in [-0.39, 0.29) is 0 Å². The minimum absolute atomic E-state index is 0.621. The molecule has 0 amide bonds. The van der Waals surface area contributed by atoms with Crippen LogP contribution in [0.2, 0.25) is 0 Å². The Labute approximate surface area is 367 Å². The first kappa shape index (κ1) is 35.7. The number of rotatable bonds is 6. The minimum Gasteiger partial charge on any atom is -0.295 e. The highest BCUT2D eigenvalue weighted by Gasteiger charge is 2.29. The monoisotopic (exact) mass is 821 g/mol. The number of para-hydroxylation sites is 3. The Morgan fingerprint density at radius 1 is 0.365 bits per heavy atom. The fourth-order valence-corrected chi connectivity index (χ4v) is 10.6. The predicted octanol–water partition coefficient (Wildman–Crippen LogP) is 14.9. The maximum absolute atomic E-state index is 5.42. The molecule has 0 unspecified atom stereocenters. The van der Waals surface area contributed by atoms with Crippen molar-refractivity contribution >= 4 is 55.4 Å². The zero-order valence-corrected chi connectivity index (χ0v) is 34.7. The summed E-state index contributed by atoms with van der Waals surface area (Å²) in [6.07, 6.45) is 0. The van der Waals surface area contributed by atoms with Crippen LogP contribution in [0.3, 0.4) is 0 Å². The van der Waals surface area contributed by atoms with Crippen molar-refractivity contribution < 1.29 is 0 Å². The summed E-state index contributed by atoms with van der Waals surface area (Å²) in [6, 6.07) is 75.4. The van der Waals surface area contributed by atoms with Crippen molar-refractivity contribution in [1.82, 2.24) is 24.1 Å². The summed E-state index contributed by atoms with van der Waals surface area (Å²) in [7, 11) is 0. The number of hydrogen-bond donors (Lipinski definition) is 0. The van der Waals surface area contributed by atoms with Gasteiger partial charge in [0.1, 0.15) is 5.65 Å². The molecule has 0 radical (unpaired) electrons. The summed E-state index contributed by atoms with van der Waals surface area (Å²) in [5.41, 5.74) is 13.1. The zero-order valence-electron chi connectivity index (χ0n) is 33.9. The number of nitrogens with zero attached hydrogens (tertiary/aromatic N) is 5. The number of benzene rings is 9. The van der Waals surface area contributed by atoms with Gasteiger partial charge in [0.05, 0.1) is 16.7 Å². The first-order valence-corrected chi connectivity index (χ1v) is 22.0. The van der Waals surface area contributed by atoms with Crippen LogP contribution in [0.1, 0.15) is 0 Å². The summed E-state index contributed by atoms with van der Waals surface area (Å²) < 4.78 is 4.89. The Morgan fingerprint density at radius 3 is 1.68 bits per heavy atom. The van der Waals surface area contributed by atoms with Gasteiger partial charge in [-0.25, -0.2) is 15.0 Å². The van der Waals surface area contributed by atoms with E-state index in [2.05, 4.69) is 215 Å². The van der Waals surface area contributed by atoms with Crippen molar-refractivity contribution in [2.45, 2.75) is 9.79 Å². The molecule has 294 valence electrons. The SMILES string of the molecule is c1ccc(-c2cccc(-c3nc(-c4ccc5cc(-c6ccccc6)ccc5c4)nc(-c4cccc5c4c4c6cccc7c6n(c4n5-c4ccccc4)-c4ccccc4S7)n3)c2)cc1. The van der Waals surface area contributed by atoms with Crippen molar-refractivity contribution in [2.24, 2.45) is 0 Å². The van der Waals surface area contributed by atoms with Gasteiger partial charge in [0.15, 0.2) is 17.5 Å². The molecule has 0 bridgehead atoms. The van der Waals surface area contributed by atoms with Crippen LogP contribution in [0.5, 0.6) is 0 Å². The van der Waals surface area contributed by atoms with Gasteiger partial charge in [0.2, 0.25) is 0 Å². The van der Waals surface area contributed by atoms with Gasteiger partial charge in [0, 0.05) is 48.3 Å². The van der Waals surface area contributed by atoms with Crippen LogP contribution in [0, 0.1) is 0 Å². The molecular weight excluding hydrogens is 787 g/mol. The molecule has 13 rings (SSSR count). The molecule has 0 atom stereocenters. The van der Waals surface area contributed by atoms with E-state index in [0.29, 0.717) is 17.5 Å². The van der Waals surface area contributed by atoms with Crippen LogP contribution in [-0.4, -0.2) is 24.1 Å². The third kappa shape index (κ3) is 5.76. The molecule has 4 heterocycles. The van der Waals surface area contributed by atoms with E-state index in [1.807, 2.05) is 17.8 Å².